The van der Waals surface area contributed by atoms with Crippen LogP contribution in [0.3, 0.4) is 0 Å². The van der Waals surface area contributed by atoms with Crippen LogP contribution in [0, 0.1) is 0 Å². The van der Waals surface area contributed by atoms with Crippen molar-refractivity contribution >= 4 is 64.9 Å². The van der Waals surface area contributed by atoms with Crippen LogP contribution in [0.15, 0.2) is 170 Å². The highest BCUT2D eigenvalue weighted by Crippen LogP contribution is 2.38. The van der Waals surface area contributed by atoms with E-state index < -0.39 is 0 Å². The predicted octanol–water partition coefficient (Wildman–Crippen LogP) is 12.4. The number of rotatable bonds is 3. The molecule has 0 radical (unpaired) electrons. The van der Waals surface area contributed by atoms with Gasteiger partial charge < -0.3 is 0 Å². The normalized spacial score (nSPS) is 11.8. The quantitative estimate of drug-likeness (QED) is 0.187. The summed E-state index contributed by atoms with van der Waals surface area (Å²) in [6.45, 7) is 0. The predicted molar refractivity (Wildman–Crippen MR) is 203 cm³/mol. The van der Waals surface area contributed by atoms with Crippen LogP contribution in [0.4, 0.5) is 0 Å². The third-order valence-electron chi connectivity index (χ3n) is 9.95. The number of pyridine rings is 2. The molecule has 0 bridgehead atoms. The molecule has 0 aliphatic rings. The zero-order chi connectivity index (χ0) is 31.6. The second-order valence-corrected chi connectivity index (χ2v) is 12.6. The van der Waals surface area contributed by atoms with Crippen LogP contribution in [-0.4, -0.2) is 9.97 Å². The molecule has 10 rings (SSSR count). The van der Waals surface area contributed by atoms with Gasteiger partial charge in [-0.05, 0) is 101 Å². The molecule has 0 atom stereocenters. The van der Waals surface area contributed by atoms with E-state index in [1.165, 1.54) is 76.5 Å². The molecule has 0 N–H and O–H groups in total. The standard InChI is InChI=1S/C46H28N2/c1-2-9-37-35(7-1)36-8-3-4-10-38(36)43-27-33(21-23-39(37)43)31-17-13-29(14-18-31)30-15-19-32(20-16-30)34-22-24-40-41-11-5-25-47-45(41)46-42(44(40)28-34)12-6-26-48-46/h1-28H. The van der Waals surface area contributed by atoms with Crippen molar-refractivity contribution in [1.29, 1.82) is 0 Å². The van der Waals surface area contributed by atoms with Crippen LogP contribution < -0.4 is 0 Å². The Morgan fingerprint density at radius 2 is 0.521 bits per heavy atom. The molecule has 2 nitrogen and oxygen atoms in total. The van der Waals surface area contributed by atoms with E-state index in [-0.39, 0.29) is 0 Å². The second-order valence-electron chi connectivity index (χ2n) is 12.6. The summed E-state index contributed by atoms with van der Waals surface area (Å²) < 4.78 is 0. The Morgan fingerprint density at radius 1 is 0.229 bits per heavy atom. The number of benzene rings is 8. The van der Waals surface area contributed by atoms with Crippen LogP contribution in [0.5, 0.6) is 0 Å². The Balaban J connectivity index is 0.995. The SMILES string of the molecule is c1ccc2c(c1)c1ccccc1c1cc(-c3ccc(-c4ccc(-c5ccc6c(c5)c5cccnc5c5ncccc65)cc4)cc3)ccc21. The van der Waals surface area contributed by atoms with E-state index in [0.29, 0.717) is 0 Å². The highest BCUT2D eigenvalue weighted by Gasteiger charge is 2.12. The van der Waals surface area contributed by atoms with Crippen molar-refractivity contribution in [2.45, 2.75) is 0 Å². The molecule has 0 spiro atoms. The Kier molecular flexibility index (Phi) is 5.91. The van der Waals surface area contributed by atoms with Gasteiger partial charge in [0, 0.05) is 23.2 Å². The minimum Gasteiger partial charge on any atom is -0.254 e. The largest absolute Gasteiger partial charge is 0.254 e. The monoisotopic (exact) mass is 608 g/mol. The molecule has 48 heavy (non-hydrogen) atoms. The van der Waals surface area contributed by atoms with E-state index >= 15 is 0 Å². The maximum absolute atomic E-state index is 4.71. The molecule has 0 aliphatic carbocycles. The van der Waals surface area contributed by atoms with Gasteiger partial charge in [0.15, 0.2) is 0 Å². The summed E-state index contributed by atoms with van der Waals surface area (Å²) in [5.74, 6) is 0. The molecule has 2 aromatic heterocycles. The summed E-state index contributed by atoms with van der Waals surface area (Å²) in [7, 11) is 0. The topological polar surface area (TPSA) is 25.8 Å². The minimum absolute atomic E-state index is 0.946. The van der Waals surface area contributed by atoms with Gasteiger partial charge in [-0.15, -0.1) is 0 Å². The van der Waals surface area contributed by atoms with Crippen LogP contribution >= 0.6 is 0 Å². The van der Waals surface area contributed by atoms with Crippen LogP contribution in [-0.2, 0) is 0 Å². The van der Waals surface area contributed by atoms with Crippen LogP contribution in [0.1, 0.15) is 0 Å². The molecular weight excluding hydrogens is 581 g/mol. The molecule has 0 saturated heterocycles. The lowest BCUT2D eigenvalue weighted by molar-refractivity contribution is 1.38. The van der Waals surface area contributed by atoms with E-state index in [4.69, 9.17) is 4.98 Å². The van der Waals surface area contributed by atoms with E-state index in [1.807, 2.05) is 24.5 Å². The zero-order valence-corrected chi connectivity index (χ0v) is 26.1. The van der Waals surface area contributed by atoms with Gasteiger partial charge in [0.05, 0.1) is 11.0 Å². The maximum Gasteiger partial charge on any atom is 0.0970 e. The van der Waals surface area contributed by atoms with Gasteiger partial charge in [-0.3, -0.25) is 9.97 Å². The molecule has 0 amide bonds. The molecule has 0 aliphatic heterocycles. The van der Waals surface area contributed by atoms with Gasteiger partial charge >= 0.3 is 0 Å². The zero-order valence-electron chi connectivity index (χ0n) is 26.1. The number of nitrogens with zero attached hydrogens (tertiary/aromatic N) is 2. The summed E-state index contributed by atoms with van der Waals surface area (Å²) in [6, 6.07) is 57.3. The third-order valence-corrected chi connectivity index (χ3v) is 9.95. The lowest BCUT2D eigenvalue weighted by Crippen LogP contribution is -1.88. The van der Waals surface area contributed by atoms with E-state index in [9.17, 15) is 0 Å². The van der Waals surface area contributed by atoms with E-state index in [2.05, 4.69) is 151 Å². The van der Waals surface area contributed by atoms with Crippen LogP contribution in [0.25, 0.3) is 98.3 Å². The number of hydrogen-bond donors (Lipinski definition) is 0. The Morgan fingerprint density at radius 3 is 0.979 bits per heavy atom. The lowest BCUT2D eigenvalue weighted by atomic mass is 9.91. The lowest BCUT2D eigenvalue weighted by Gasteiger charge is -2.12. The Bertz CT molecular complexity index is 2600. The third kappa shape index (κ3) is 4.13. The number of aromatic nitrogens is 2. The van der Waals surface area contributed by atoms with Crippen molar-refractivity contribution in [1.82, 2.24) is 9.97 Å². The first-order valence-electron chi connectivity index (χ1n) is 16.4. The molecule has 8 aromatic carbocycles. The summed E-state index contributed by atoms with van der Waals surface area (Å²) in [4.78, 5) is 9.38. The fourth-order valence-corrected chi connectivity index (χ4v) is 7.60. The van der Waals surface area contributed by atoms with Crippen LogP contribution in [0.2, 0.25) is 0 Å². The Hall–Kier alpha value is -6.38. The summed E-state index contributed by atoms with van der Waals surface area (Å²) >= 11 is 0. The first kappa shape index (κ1) is 26.8. The first-order chi connectivity index (χ1) is 23.8. The molecule has 2 heteroatoms. The maximum atomic E-state index is 4.71. The number of fused-ring (bicyclic) bond motifs is 12. The smallest absolute Gasteiger partial charge is 0.0970 e. The van der Waals surface area contributed by atoms with Gasteiger partial charge in [-0.2, -0.15) is 0 Å². The van der Waals surface area contributed by atoms with Gasteiger partial charge in [0.1, 0.15) is 0 Å². The van der Waals surface area contributed by atoms with E-state index in [0.717, 1.165) is 21.8 Å². The Labute approximate surface area is 277 Å². The van der Waals surface area contributed by atoms with Crippen molar-refractivity contribution < 1.29 is 0 Å². The molecule has 0 fully saturated rings. The molecule has 222 valence electrons. The number of hydrogen-bond acceptors (Lipinski definition) is 2. The highest BCUT2D eigenvalue weighted by molar-refractivity contribution is 6.26. The van der Waals surface area contributed by atoms with Gasteiger partial charge in [0.25, 0.3) is 0 Å². The summed E-state index contributed by atoms with van der Waals surface area (Å²) in [5.41, 5.74) is 9.13. The van der Waals surface area contributed by atoms with Crippen molar-refractivity contribution in [3.05, 3.63) is 170 Å². The van der Waals surface area contributed by atoms with Crippen molar-refractivity contribution in [3.63, 3.8) is 0 Å². The highest BCUT2D eigenvalue weighted by atomic mass is 14.7. The van der Waals surface area contributed by atoms with Gasteiger partial charge in [-0.1, -0.05) is 133 Å². The average molecular weight is 609 g/mol. The fraction of sp³-hybridized carbons (Fsp3) is 0. The minimum atomic E-state index is 0.946. The molecule has 10 aromatic rings. The molecular formula is C46H28N2. The first-order valence-corrected chi connectivity index (χ1v) is 16.4. The molecule has 2 heterocycles. The van der Waals surface area contributed by atoms with Gasteiger partial charge in [0.2, 0.25) is 0 Å². The van der Waals surface area contributed by atoms with Crippen molar-refractivity contribution in [3.8, 4) is 33.4 Å². The molecule has 0 unspecified atom stereocenters. The fourth-order valence-electron chi connectivity index (χ4n) is 7.60. The second kappa shape index (κ2) is 10.6. The summed E-state index contributed by atoms with van der Waals surface area (Å²) in [5, 5.41) is 12.5. The van der Waals surface area contributed by atoms with Crippen molar-refractivity contribution in [2.75, 3.05) is 0 Å². The summed E-state index contributed by atoms with van der Waals surface area (Å²) in [6.07, 6.45) is 3.70. The average Bonchev–Trinajstić information content (AvgIpc) is 3.18. The van der Waals surface area contributed by atoms with Gasteiger partial charge in [-0.25, -0.2) is 0 Å². The van der Waals surface area contributed by atoms with Crippen molar-refractivity contribution in [2.24, 2.45) is 0 Å². The molecule has 0 saturated carbocycles. The van der Waals surface area contributed by atoms with E-state index in [1.54, 1.807) is 0 Å².